The zero-order chi connectivity index (χ0) is 16.6. The van der Waals surface area contributed by atoms with E-state index in [4.69, 9.17) is 23.2 Å². The summed E-state index contributed by atoms with van der Waals surface area (Å²) in [7, 11) is 0. The van der Waals surface area contributed by atoms with Crippen molar-refractivity contribution < 1.29 is 4.79 Å². The van der Waals surface area contributed by atoms with Crippen LogP contribution in [-0.4, -0.2) is 25.9 Å². The van der Waals surface area contributed by atoms with Gasteiger partial charge in [0.1, 0.15) is 5.82 Å². The number of carbonyl (C=O) groups is 1. The molecule has 0 aliphatic heterocycles. The number of benzene rings is 1. The second-order valence-corrected chi connectivity index (χ2v) is 7.66. The van der Waals surface area contributed by atoms with Gasteiger partial charge in [-0.2, -0.15) is 0 Å². The molecule has 0 unspecified atom stereocenters. The highest BCUT2D eigenvalue weighted by atomic mass is 35.5. The maximum absolute atomic E-state index is 12.4. The molecule has 0 spiro atoms. The summed E-state index contributed by atoms with van der Waals surface area (Å²) in [5, 5.41) is 12.5. The number of thioether (sulfide) groups is 1. The number of nitrogens with zero attached hydrogens (tertiary/aromatic N) is 3. The molecule has 2 aromatic rings. The van der Waals surface area contributed by atoms with Gasteiger partial charge in [-0.1, -0.05) is 35.0 Å². The minimum absolute atomic E-state index is 0.151. The predicted octanol–water partition coefficient (Wildman–Crippen LogP) is 4.35. The first-order valence-electron chi connectivity index (χ1n) is 7.30. The number of nitrogens with one attached hydrogen (secondary N) is 1. The molecule has 1 amide bonds. The fraction of sp³-hybridized carbons (Fsp3) is 0.400. The first-order chi connectivity index (χ1) is 11.0. The van der Waals surface area contributed by atoms with Crippen LogP contribution < -0.4 is 5.32 Å². The molecule has 1 aromatic carbocycles. The lowest BCUT2D eigenvalue weighted by Gasteiger charge is -2.13. The number of hydrogen-bond donors (Lipinski definition) is 1. The average molecular weight is 371 g/mol. The Morgan fingerprint density at radius 2 is 2.13 bits per heavy atom. The van der Waals surface area contributed by atoms with Crippen molar-refractivity contribution in [2.75, 3.05) is 5.32 Å². The van der Waals surface area contributed by atoms with Gasteiger partial charge >= 0.3 is 0 Å². The van der Waals surface area contributed by atoms with Crippen molar-refractivity contribution in [1.82, 2.24) is 14.8 Å². The van der Waals surface area contributed by atoms with Crippen LogP contribution in [0.25, 0.3) is 0 Å². The smallest absolute Gasteiger partial charge is 0.237 e. The Labute approximate surface area is 148 Å². The first kappa shape index (κ1) is 16.6. The molecule has 23 heavy (non-hydrogen) atoms. The van der Waals surface area contributed by atoms with Crippen LogP contribution in [0.15, 0.2) is 23.4 Å². The molecule has 0 saturated heterocycles. The summed E-state index contributed by atoms with van der Waals surface area (Å²) in [6.07, 6.45) is 2.29. The maximum Gasteiger partial charge on any atom is 0.237 e. The van der Waals surface area contributed by atoms with Crippen LogP contribution >= 0.6 is 35.0 Å². The van der Waals surface area contributed by atoms with Crippen molar-refractivity contribution >= 4 is 46.6 Å². The van der Waals surface area contributed by atoms with E-state index in [2.05, 4.69) is 20.1 Å². The summed E-state index contributed by atoms with van der Waals surface area (Å²) in [6.45, 7) is 3.77. The van der Waals surface area contributed by atoms with Crippen molar-refractivity contribution in [3.8, 4) is 0 Å². The van der Waals surface area contributed by atoms with Crippen LogP contribution in [0.3, 0.4) is 0 Å². The van der Waals surface area contributed by atoms with Gasteiger partial charge < -0.3 is 9.88 Å². The highest BCUT2D eigenvalue weighted by Gasteiger charge is 2.29. The molecule has 1 N–H and O–H groups in total. The number of rotatable bonds is 5. The second kappa shape index (κ2) is 6.71. The van der Waals surface area contributed by atoms with E-state index in [9.17, 15) is 4.79 Å². The van der Waals surface area contributed by atoms with E-state index in [-0.39, 0.29) is 11.2 Å². The normalized spacial score (nSPS) is 15.5. The number of halogens is 2. The highest BCUT2D eigenvalue weighted by molar-refractivity contribution is 8.00. The molecule has 5 nitrogen and oxygen atoms in total. The molecule has 3 rings (SSSR count). The number of aromatic nitrogens is 3. The topological polar surface area (TPSA) is 59.8 Å². The van der Waals surface area contributed by atoms with Crippen molar-refractivity contribution in [1.29, 1.82) is 0 Å². The van der Waals surface area contributed by atoms with Gasteiger partial charge in [0.2, 0.25) is 5.91 Å². The molecule has 8 heteroatoms. The fourth-order valence-corrected chi connectivity index (χ4v) is 3.52. The minimum Gasteiger partial charge on any atom is -0.324 e. The van der Waals surface area contributed by atoms with Crippen molar-refractivity contribution in [2.24, 2.45) is 0 Å². The first-order valence-corrected chi connectivity index (χ1v) is 8.93. The Morgan fingerprint density at radius 1 is 1.39 bits per heavy atom. The average Bonchev–Trinajstić information content (AvgIpc) is 3.27. The summed E-state index contributed by atoms with van der Waals surface area (Å²) in [6, 6.07) is 5.45. The molecule has 122 valence electrons. The third-order valence-corrected chi connectivity index (χ3v) is 5.21. The fourth-order valence-electron chi connectivity index (χ4n) is 2.22. The summed E-state index contributed by atoms with van der Waals surface area (Å²) in [4.78, 5) is 12.4. The van der Waals surface area contributed by atoms with Crippen molar-refractivity contribution in [3.05, 3.63) is 34.1 Å². The van der Waals surface area contributed by atoms with Crippen LogP contribution in [0.5, 0.6) is 0 Å². The summed E-state index contributed by atoms with van der Waals surface area (Å²) >= 11 is 13.4. The Morgan fingerprint density at radius 3 is 2.83 bits per heavy atom. The Hall–Kier alpha value is -1.24. The Balaban J connectivity index is 1.69. The van der Waals surface area contributed by atoms with E-state index in [1.807, 2.05) is 13.8 Å². The van der Waals surface area contributed by atoms with Crippen molar-refractivity contribution in [2.45, 2.75) is 43.1 Å². The minimum atomic E-state index is -0.328. The summed E-state index contributed by atoms with van der Waals surface area (Å²) in [5.41, 5.74) is 0.511. The summed E-state index contributed by atoms with van der Waals surface area (Å²) < 4.78 is 2.11. The van der Waals surface area contributed by atoms with Gasteiger partial charge in [-0.05, 0) is 44.9 Å². The number of hydrogen-bond acceptors (Lipinski definition) is 4. The van der Waals surface area contributed by atoms with E-state index in [1.165, 1.54) is 11.8 Å². The predicted molar refractivity (Wildman–Crippen MR) is 93.4 cm³/mol. The van der Waals surface area contributed by atoms with Crippen LogP contribution in [0.4, 0.5) is 5.69 Å². The van der Waals surface area contributed by atoms with Crippen LogP contribution in [0.1, 0.15) is 31.6 Å². The molecular weight excluding hydrogens is 355 g/mol. The molecule has 0 bridgehead atoms. The van der Waals surface area contributed by atoms with Crippen LogP contribution in [0, 0.1) is 6.92 Å². The molecule has 1 fully saturated rings. The van der Waals surface area contributed by atoms with Crippen LogP contribution in [-0.2, 0) is 4.79 Å². The van der Waals surface area contributed by atoms with Gasteiger partial charge in [0.05, 0.1) is 16.0 Å². The van der Waals surface area contributed by atoms with E-state index < -0.39 is 0 Å². The highest BCUT2D eigenvalue weighted by Crippen LogP contribution is 2.39. The van der Waals surface area contributed by atoms with E-state index in [0.717, 1.165) is 23.8 Å². The molecule has 1 atom stereocenters. The van der Waals surface area contributed by atoms with Crippen molar-refractivity contribution in [3.63, 3.8) is 0 Å². The number of amides is 1. The SMILES string of the molecule is Cc1nnc(S[C@@H](C)C(=O)Nc2cc(Cl)ccc2Cl)n1C1CC1. The van der Waals surface area contributed by atoms with Gasteiger partial charge in [-0.3, -0.25) is 4.79 Å². The molecule has 1 aliphatic carbocycles. The zero-order valence-corrected chi connectivity index (χ0v) is 15.0. The van der Waals surface area contributed by atoms with Gasteiger partial charge in [0, 0.05) is 11.1 Å². The molecular formula is C15H16Cl2N4OS. The van der Waals surface area contributed by atoms with Gasteiger partial charge in [-0.25, -0.2) is 0 Å². The van der Waals surface area contributed by atoms with Gasteiger partial charge in [-0.15, -0.1) is 10.2 Å². The van der Waals surface area contributed by atoms with E-state index >= 15 is 0 Å². The molecule has 1 aliphatic rings. The zero-order valence-electron chi connectivity index (χ0n) is 12.7. The van der Waals surface area contributed by atoms with Crippen LogP contribution in [0.2, 0.25) is 10.0 Å². The lowest BCUT2D eigenvalue weighted by molar-refractivity contribution is -0.115. The van der Waals surface area contributed by atoms with Gasteiger partial charge in [0.15, 0.2) is 5.16 Å². The molecule has 1 saturated carbocycles. The number of aryl methyl sites for hydroxylation is 1. The lowest BCUT2D eigenvalue weighted by Crippen LogP contribution is -2.23. The quantitative estimate of drug-likeness (QED) is 0.794. The Kier molecular flexibility index (Phi) is 4.85. The third-order valence-electron chi connectivity index (χ3n) is 3.58. The monoisotopic (exact) mass is 370 g/mol. The molecule has 1 aromatic heterocycles. The third kappa shape index (κ3) is 3.82. The summed E-state index contributed by atoms with van der Waals surface area (Å²) in [5.74, 6) is 0.739. The second-order valence-electron chi connectivity index (χ2n) is 5.50. The number of anilines is 1. The van der Waals surface area contributed by atoms with E-state index in [1.54, 1.807) is 18.2 Å². The molecule has 1 heterocycles. The standard InChI is InChI=1S/C15H16Cl2N4OS/c1-8(14(22)18-13-7-10(16)3-6-12(13)17)23-15-20-19-9(2)21(15)11-4-5-11/h3,6-8,11H,4-5H2,1-2H3,(H,18,22)/t8-/m0/s1. The van der Waals surface area contributed by atoms with E-state index in [0.29, 0.717) is 21.8 Å². The number of carbonyl (C=O) groups excluding carboxylic acids is 1. The largest absolute Gasteiger partial charge is 0.324 e. The lowest BCUT2D eigenvalue weighted by atomic mass is 10.3. The van der Waals surface area contributed by atoms with Gasteiger partial charge in [0.25, 0.3) is 0 Å². The Bertz CT molecular complexity index is 745. The maximum atomic E-state index is 12.4. The molecule has 0 radical (unpaired) electrons.